The number of hydrogen-bond donors (Lipinski definition) is 2. The van der Waals surface area contributed by atoms with Gasteiger partial charge in [0.1, 0.15) is 5.52 Å². The summed E-state index contributed by atoms with van der Waals surface area (Å²) in [5, 5.41) is 4.77. The average molecular weight is 326 g/mol. The fourth-order valence-corrected chi connectivity index (χ4v) is 2.70. The van der Waals surface area contributed by atoms with Crippen LogP contribution in [0.3, 0.4) is 0 Å². The number of fused-ring (bicyclic) bond motifs is 2. The fraction of sp³-hybridized carbons (Fsp3) is 0.0588. The molecule has 0 aliphatic rings. The Labute approximate surface area is 135 Å². The third kappa shape index (κ3) is 2.66. The van der Waals surface area contributed by atoms with Crippen molar-refractivity contribution >= 4 is 39.3 Å². The third-order valence-corrected chi connectivity index (χ3v) is 3.93. The molecule has 23 heavy (non-hydrogen) atoms. The molecule has 0 radical (unpaired) electrons. The Morgan fingerprint density at radius 2 is 2.09 bits per heavy atom. The summed E-state index contributed by atoms with van der Waals surface area (Å²) in [6, 6.07) is 12.8. The fourth-order valence-electron chi connectivity index (χ4n) is 2.52. The maximum Gasteiger partial charge on any atom is 0.253 e. The summed E-state index contributed by atoms with van der Waals surface area (Å²) in [4.78, 5) is 19.1. The average Bonchev–Trinajstić information content (AvgIpc) is 3.01. The van der Waals surface area contributed by atoms with Gasteiger partial charge in [-0.05, 0) is 42.5 Å². The van der Waals surface area contributed by atoms with Crippen molar-refractivity contribution in [1.29, 1.82) is 0 Å². The lowest BCUT2D eigenvalue weighted by Gasteiger charge is -2.07. The number of aromatic amines is 1. The van der Waals surface area contributed by atoms with E-state index >= 15 is 0 Å². The van der Waals surface area contributed by atoms with Crippen LogP contribution in [0.5, 0.6) is 0 Å². The van der Waals surface area contributed by atoms with Crippen LogP contribution in [-0.4, -0.2) is 9.97 Å². The van der Waals surface area contributed by atoms with Crippen LogP contribution >= 0.6 is 11.6 Å². The lowest BCUT2D eigenvalue weighted by atomic mass is 10.1. The number of oxazole rings is 1. The maximum atomic E-state index is 12.2. The molecule has 2 N–H and O–H groups in total. The van der Waals surface area contributed by atoms with E-state index in [-0.39, 0.29) is 5.56 Å². The van der Waals surface area contributed by atoms with Crippen molar-refractivity contribution in [2.75, 3.05) is 5.32 Å². The molecule has 4 aromatic rings. The molecule has 4 rings (SSSR count). The second kappa shape index (κ2) is 5.44. The number of pyridine rings is 1. The number of aromatic nitrogens is 2. The first-order valence-electron chi connectivity index (χ1n) is 7.08. The number of nitrogens with zero attached hydrogens (tertiary/aromatic N) is 1. The molecule has 0 saturated carbocycles. The minimum absolute atomic E-state index is 0.116. The second-order valence-corrected chi connectivity index (χ2v) is 5.68. The SMILES string of the molecule is O=c1[nH]c2ccc(Cl)cc2cc1CNc1ccc2ocnc2c1. The summed E-state index contributed by atoms with van der Waals surface area (Å²) < 4.78 is 5.21. The number of halogens is 1. The molecule has 0 saturated heterocycles. The molecule has 6 heteroatoms. The molecule has 5 nitrogen and oxygen atoms in total. The van der Waals surface area contributed by atoms with Gasteiger partial charge < -0.3 is 14.7 Å². The quantitative estimate of drug-likeness (QED) is 0.598. The standard InChI is InChI=1S/C17H12ClN3O2/c18-12-1-3-14-10(6-12)5-11(17(22)21-14)8-19-13-2-4-16-15(7-13)20-9-23-16/h1-7,9,19H,8H2,(H,21,22). The summed E-state index contributed by atoms with van der Waals surface area (Å²) in [5.74, 6) is 0. The smallest absolute Gasteiger partial charge is 0.253 e. The zero-order valence-electron chi connectivity index (χ0n) is 12.0. The predicted molar refractivity (Wildman–Crippen MR) is 90.9 cm³/mol. The molecule has 0 fully saturated rings. The Bertz CT molecular complexity index is 1070. The van der Waals surface area contributed by atoms with Crippen LogP contribution < -0.4 is 10.9 Å². The van der Waals surface area contributed by atoms with Crippen molar-refractivity contribution < 1.29 is 4.42 Å². The highest BCUT2D eigenvalue weighted by Gasteiger charge is 2.05. The molecule has 114 valence electrons. The summed E-state index contributed by atoms with van der Waals surface area (Å²) in [7, 11) is 0. The number of benzene rings is 2. The lowest BCUT2D eigenvalue weighted by molar-refractivity contribution is 0.602. The van der Waals surface area contributed by atoms with Gasteiger partial charge in [0, 0.05) is 33.7 Å². The van der Waals surface area contributed by atoms with Crippen LogP contribution in [0.4, 0.5) is 5.69 Å². The van der Waals surface area contributed by atoms with E-state index in [2.05, 4.69) is 15.3 Å². The molecule has 0 aliphatic carbocycles. The van der Waals surface area contributed by atoms with Gasteiger partial charge in [0.2, 0.25) is 0 Å². The minimum atomic E-state index is -0.116. The molecule has 0 atom stereocenters. The largest absolute Gasteiger partial charge is 0.443 e. The molecule has 0 spiro atoms. The highest BCUT2D eigenvalue weighted by Crippen LogP contribution is 2.19. The van der Waals surface area contributed by atoms with Gasteiger partial charge in [-0.2, -0.15) is 0 Å². The van der Waals surface area contributed by atoms with Gasteiger partial charge in [-0.15, -0.1) is 0 Å². The molecular formula is C17H12ClN3O2. The Kier molecular flexibility index (Phi) is 3.28. The van der Waals surface area contributed by atoms with E-state index in [4.69, 9.17) is 16.0 Å². The van der Waals surface area contributed by atoms with E-state index in [0.717, 1.165) is 27.7 Å². The van der Waals surface area contributed by atoms with E-state index < -0.39 is 0 Å². The van der Waals surface area contributed by atoms with Crippen molar-refractivity contribution in [3.63, 3.8) is 0 Å². The van der Waals surface area contributed by atoms with Crippen LogP contribution in [0.2, 0.25) is 5.02 Å². The highest BCUT2D eigenvalue weighted by molar-refractivity contribution is 6.31. The summed E-state index contributed by atoms with van der Waals surface area (Å²) in [6.07, 6.45) is 1.41. The summed E-state index contributed by atoms with van der Waals surface area (Å²) in [5.41, 5.74) is 3.67. The first-order valence-corrected chi connectivity index (χ1v) is 7.45. The zero-order valence-corrected chi connectivity index (χ0v) is 12.7. The van der Waals surface area contributed by atoms with Gasteiger partial charge in [-0.3, -0.25) is 4.79 Å². The van der Waals surface area contributed by atoms with Crippen LogP contribution in [-0.2, 0) is 6.54 Å². The van der Waals surface area contributed by atoms with Crippen LogP contribution in [0.25, 0.3) is 22.0 Å². The molecule has 2 aromatic carbocycles. The van der Waals surface area contributed by atoms with E-state index in [9.17, 15) is 4.79 Å². The van der Waals surface area contributed by atoms with E-state index in [1.807, 2.05) is 30.3 Å². The summed E-state index contributed by atoms with van der Waals surface area (Å²) >= 11 is 6.01. The van der Waals surface area contributed by atoms with E-state index in [1.165, 1.54) is 6.39 Å². The molecule has 2 aromatic heterocycles. The maximum absolute atomic E-state index is 12.2. The number of rotatable bonds is 3. The molecule has 0 aliphatic heterocycles. The highest BCUT2D eigenvalue weighted by atomic mass is 35.5. The Morgan fingerprint density at radius 3 is 3.00 bits per heavy atom. The van der Waals surface area contributed by atoms with Crippen molar-refractivity contribution in [3.05, 3.63) is 69.8 Å². The number of H-pyrrole nitrogens is 1. The van der Waals surface area contributed by atoms with Gasteiger partial charge in [0.15, 0.2) is 12.0 Å². The molecule has 0 amide bonds. The van der Waals surface area contributed by atoms with Gasteiger partial charge in [-0.1, -0.05) is 11.6 Å². The molecule has 0 unspecified atom stereocenters. The number of nitrogens with one attached hydrogen (secondary N) is 2. The van der Waals surface area contributed by atoms with Gasteiger partial charge in [-0.25, -0.2) is 4.98 Å². The normalized spacial score (nSPS) is 11.2. The predicted octanol–water partition coefficient (Wildman–Crippen LogP) is 3.93. The van der Waals surface area contributed by atoms with Crippen LogP contribution in [0, 0.1) is 0 Å². The van der Waals surface area contributed by atoms with Gasteiger partial charge in [0.05, 0.1) is 0 Å². The molecule has 2 heterocycles. The third-order valence-electron chi connectivity index (χ3n) is 3.70. The monoisotopic (exact) mass is 325 g/mol. The number of anilines is 1. The van der Waals surface area contributed by atoms with Crippen molar-refractivity contribution in [2.24, 2.45) is 0 Å². The Balaban J connectivity index is 1.63. The van der Waals surface area contributed by atoms with E-state index in [0.29, 0.717) is 17.1 Å². The first kappa shape index (κ1) is 13.8. The van der Waals surface area contributed by atoms with Crippen molar-refractivity contribution in [1.82, 2.24) is 9.97 Å². The zero-order chi connectivity index (χ0) is 15.8. The van der Waals surface area contributed by atoms with Crippen LogP contribution in [0.15, 0.2) is 58.1 Å². The van der Waals surface area contributed by atoms with Crippen molar-refractivity contribution in [3.8, 4) is 0 Å². The van der Waals surface area contributed by atoms with Gasteiger partial charge in [0.25, 0.3) is 5.56 Å². The topological polar surface area (TPSA) is 70.9 Å². The minimum Gasteiger partial charge on any atom is -0.443 e. The Morgan fingerprint density at radius 1 is 1.17 bits per heavy atom. The Hall–Kier alpha value is -2.79. The second-order valence-electron chi connectivity index (χ2n) is 5.24. The lowest BCUT2D eigenvalue weighted by Crippen LogP contribution is -2.15. The molecular weight excluding hydrogens is 314 g/mol. The van der Waals surface area contributed by atoms with Crippen molar-refractivity contribution in [2.45, 2.75) is 6.54 Å². The van der Waals surface area contributed by atoms with Gasteiger partial charge >= 0.3 is 0 Å². The molecule has 0 bridgehead atoms. The summed E-state index contributed by atoms with van der Waals surface area (Å²) in [6.45, 7) is 0.404. The number of hydrogen-bond acceptors (Lipinski definition) is 4. The van der Waals surface area contributed by atoms with E-state index in [1.54, 1.807) is 12.1 Å². The first-order chi connectivity index (χ1) is 11.2. The van der Waals surface area contributed by atoms with Crippen LogP contribution in [0.1, 0.15) is 5.56 Å².